The lowest BCUT2D eigenvalue weighted by Crippen LogP contribution is -2.24. The van der Waals surface area contributed by atoms with Gasteiger partial charge in [-0.2, -0.15) is 0 Å². The molecule has 3 aromatic rings. The Morgan fingerprint density at radius 1 is 1.07 bits per heavy atom. The zero-order valence-corrected chi connectivity index (χ0v) is 15.1. The highest BCUT2D eigenvalue weighted by atomic mass is 32.1. The van der Waals surface area contributed by atoms with E-state index in [0.29, 0.717) is 12.2 Å². The Balaban J connectivity index is 1.41. The number of pyridine rings is 1. The molecule has 27 heavy (non-hydrogen) atoms. The molecule has 0 aliphatic carbocycles. The van der Waals surface area contributed by atoms with Crippen LogP contribution in [0, 0.1) is 5.82 Å². The lowest BCUT2D eigenvalue weighted by molar-refractivity contribution is -0.124. The standard InChI is InChI=1S/C19H17FN4O2S/c20-14-3-5-15(6-4-14)23-18(26)8-7-17(25)22-11-16-12-27-19(24-16)13-2-1-9-21-10-13/h1-6,9-10,12H,7-8,11H2,(H,22,25)(H,23,26). The normalized spacial score (nSPS) is 10.4. The predicted octanol–water partition coefficient (Wildman–Crippen LogP) is 3.38. The lowest BCUT2D eigenvalue weighted by atomic mass is 10.2. The molecule has 0 aliphatic rings. The van der Waals surface area contributed by atoms with Crippen LogP contribution in [0.4, 0.5) is 10.1 Å². The molecular weight excluding hydrogens is 367 g/mol. The smallest absolute Gasteiger partial charge is 0.224 e. The highest BCUT2D eigenvalue weighted by Gasteiger charge is 2.09. The van der Waals surface area contributed by atoms with Crippen molar-refractivity contribution >= 4 is 28.8 Å². The minimum Gasteiger partial charge on any atom is -0.350 e. The summed E-state index contributed by atoms with van der Waals surface area (Å²) in [7, 11) is 0. The van der Waals surface area contributed by atoms with Crippen LogP contribution < -0.4 is 10.6 Å². The first kappa shape index (κ1) is 18.7. The number of nitrogens with one attached hydrogen (secondary N) is 2. The van der Waals surface area contributed by atoms with Gasteiger partial charge in [-0.15, -0.1) is 11.3 Å². The molecule has 2 amide bonds. The van der Waals surface area contributed by atoms with E-state index in [2.05, 4.69) is 20.6 Å². The fourth-order valence-corrected chi connectivity index (χ4v) is 3.08. The maximum absolute atomic E-state index is 12.8. The van der Waals surface area contributed by atoms with Crippen molar-refractivity contribution in [2.24, 2.45) is 0 Å². The first-order valence-corrected chi connectivity index (χ1v) is 9.15. The molecule has 1 aromatic carbocycles. The van der Waals surface area contributed by atoms with Crippen molar-refractivity contribution < 1.29 is 14.0 Å². The molecule has 0 fully saturated rings. The molecule has 3 rings (SSSR count). The van der Waals surface area contributed by atoms with Crippen molar-refractivity contribution in [2.75, 3.05) is 5.32 Å². The average Bonchev–Trinajstić information content (AvgIpc) is 3.16. The molecule has 0 saturated carbocycles. The number of rotatable bonds is 7. The third-order valence-corrected chi connectivity index (χ3v) is 4.57. The number of carbonyl (C=O) groups excluding carboxylic acids is 2. The second-order valence-corrected chi connectivity index (χ2v) is 6.58. The summed E-state index contributed by atoms with van der Waals surface area (Å²) in [6.07, 6.45) is 3.54. The first-order valence-electron chi connectivity index (χ1n) is 8.27. The molecule has 2 N–H and O–H groups in total. The number of anilines is 1. The molecular formula is C19H17FN4O2S. The lowest BCUT2D eigenvalue weighted by Gasteiger charge is -2.06. The Labute approximate surface area is 159 Å². The summed E-state index contributed by atoms with van der Waals surface area (Å²) in [4.78, 5) is 32.3. The van der Waals surface area contributed by atoms with Crippen LogP contribution >= 0.6 is 11.3 Å². The van der Waals surface area contributed by atoms with Gasteiger partial charge in [0.1, 0.15) is 10.8 Å². The van der Waals surface area contributed by atoms with Gasteiger partial charge in [0.15, 0.2) is 0 Å². The van der Waals surface area contributed by atoms with E-state index < -0.39 is 0 Å². The van der Waals surface area contributed by atoms with Crippen molar-refractivity contribution in [3.63, 3.8) is 0 Å². The van der Waals surface area contributed by atoms with Crippen LogP contribution in [-0.2, 0) is 16.1 Å². The number of nitrogens with zero attached hydrogens (tertiary/aromatic N) is 2. The number of aromatic nitrogens is 2. The highest BCUT2D eigenvalue weighted by Crippen LogP contribution is 2.22. The Morgan fingerprint density at radius 3 is 2.59 bits per heavy atom. The third-order valence-electron chi connectivity index (χ3n) is 3.63. The van der Waals surface area contributed by atoms with Crippen LogP contribution in [0.1, 0.15) is 18.5 Å². The van der Waals surface area contributed by atoms with Gasteiger partial charge in [-0.05, 0) is 36.4 Å². The minimum atomic E-state index is -0.374. The summed E-state index contributed by atoms with van der Waals surface area (Å²) in [5.41, 5.74) is 2.17. The molecule has 0 unspecified atom stereocenters. The van der Waals surface area contributed by atoms with E-state index in [1.165, 1.54) is 35.6 Å². The Hall–Kier alpha value is -3.13. The summed E-state index contributed by atoms with van der Waals surface area (Å²) in [5.74, 6) is -0.912. The minimum absolute atomic E-state index is 0.0429. The molecule has 0 saturated heterocycles. The van der Waals surface area contributed by atoms with E-state index in [1.807, 2.05) is 17.5 Å². The molecule has 6 nitrogen and oxygen atoms in total. The van der Waals surface area contributed by atoms with Crippen molar-refractivity contribution in [2.45, 2.75) is 19.4 Å². The zero-order valence-electron chi connectivity index (χ0n) is 14.3. The number of hydrogen-bond acceptors (Lipinski definition) is 5. The summed E-state index contributed by atoms with van der Waals surface area (Å²) < 4.78 is 12.8. The Bertz CT molecular complexity index is 913. The average molecular weight is 384 g/mol. The molecule has 2 aromatic heterocycles. The fourth-order valence-electron chi connectivity index (χ4n) is 2.27. The fraction of sp³-hybridized carbons (Fsp3) is 0.158. The molecule has 0 bridgehead atoms. The van der Waals surface area contributed by atoms with Crippen molar-refractivity contribution in [3.8, 4) is 10.6 Å². The van der Waals surface area contributed by atoms with E-state index in [4.69, 9.17) is 0 Å². The number of amides is 2. The van der Waals surface area contributed by atoms with Gasteiger partial charge >= 0.3 is 0 Å². The van der Waals surface area contributed by atoms with E-state index in [1.54, 1.807) is 12.4 Å². The number of hydrogen-bond donors (Lipinski definition) is 2. The molecule has 138 valence electrons. The van der Waals surface area contributed by atoms with Crippen LogP contribution in [0.3, 0.4) is 0 Å². The summed E-state index contributed by atoms with van der Waals surface area (Å²) in [5, 5.41) is 8.09. The second kappa shape index (κ2) is 9.00. The van der Waals surface area contributed by atoms with Crippen LogP contribution in [0.25, 0.3) is 10.6 Å². The Kier molecular flexibility index (Phi) is 6.22. The van der Waals surface area contributed by atoms with Gasteiger partial charge in [-0.25, -0.2) is 9.37 Å². The largest absolute Gasteiger partial charge is 0.350 e. The van der Waals surface area contributed by atoms with Gasteiger partial charge in [-0.3, -0.25) is 14.6 Å². The summed E-state index contributed by atoms with van der Waals surface area (Å²) in [6, 6.07) is 9.22. The van der Waals surface area contributed by atoms with Crippen molar-refractivity contribution in [1.29, 1.82) is 0 Å². The van der Waals surface area contributed by atoms with Gasteiger partial charge in [0.25, 0.3) is 0 Å². The van der Waals surface area contributed by atoms with Crippen molar-refractivity contribution in [1.82, 2.24) is 15.3 Å². The maximum atomic E-state index is 12.8. The van der Waals surface area contributed by atoms with E-state index >= 15 is 0 Å². The van der Waals surface area contributed by atoms with E-state index in [9.17, 15) is 14.0 Å². The second-order valence-electron chi connectivity index (χ2n) is 5.72. The monoisotopic (exact) mass is 384 g/mol. The number of carbonyl (C=O) groups is 2. The Morgan fingerprint density at radius 2 is 1.85 bits per heavy atom. The number of benzene rings is 1. The predicted molar refractivity (Wildman–Crippen MR) is 101 cm³/mol. The highest BCUT2D eigenvalue weighted by molar-refractivity contribution is 7.13. The summed E-state index contributed by atoms with van der Waals surface area (Å²) >= 11 is 1.48. The van der Waals surface area contributed by atoms with E-state index in [-0.39, 0.29) is 30.5 Å². The van der Waals surface area contributed by atoms with Crippen LogP contribution in [0.15, 0.2) is 54.2 Å². The van der Waals surface area contributed by atoms with Crippen molar-refractivity contribution in [3.05, 3.63) is 65.7 Å². The molecule has 0 atom stereocenters. The molecule has 8 heteroatoms. The molecule has 0 spiro atoms. The van der Waals surface area contributed by atoms with E-state index in [0.717, 1.165) is 16.3 Å². The molecule has 0 radical (unpaired) electrons. The SMILES string of the molecule is O=C(CCC(=O)Nc1ccc(F)cc1)NCc1csc(-c2cccnc2)n1. The maximum Gasteiger partial charge on any atom is 0.224 e. The van der Waals surface area contributed by atoms with Gasteiger partial charge in [0.2, 0.25) is 11.8 Å². The van der Waals surface area contributed by atoms with Crippen LogP contribution in [-0.4, -0.2) is 21.8 Å². The first-order chi connectivity index (χ1) is 13.1. The zero-order chi connectivity index (χ0) is 19.1. The molecule has 2 heterocycles. The number of thiazole rings is 1. The topological polar surface area (TPSA) is 84.0 Å². The molecule has 0 aliphatic heterocycles. The quantitative estimate of drug-likeness (QED) is 0.654. The van der Waals surface area contributed by atoms with Crippen LogP contribution in [0.2, 0.25) is 0 Å². The van der Waals surface area contributed by atoms with Gasteiger partial charge in [0, 0.05) is 41.9 Å². The van der Waals surface area contributed by atoms with Gasteiger partial charge in [0.05, 0.1) is 12.2 Å². The van der Waals surface area contributed by atoms with Gasteiger partial charge in [-0.1, -0.05) is 0 Å². The van der Waals surface area contributed by atoms with Gasteiger partial charge < -0.3 is 10.6 Å². The van der Waals surface area contributed by atoms with Crippen LogP contribution in [0.5, 0.6) is 0 Å². The summed E-state index contributed by atoms with van der Waals surface area (Å²) in [6.45, 7) is 0.301. The third kappa shape index (κ3) is 5.68. The number of halogens is 1.